The summed E-state index contributed by atoms with van der Waals surface area (Å²) in [7, 11) is 0. The third kappa shape index (κ3) is 2.73. The zero-order valence-electron chi connectivity index (χ0n) is 20.6. The molecule has 0 radical (unpaired) electrons. The third-order valence-electron chi connectivity index (χ3n) is 7.89. The molecule has 2 aromatic heterocycles. The number of nitrogens with zero attached hydrogens (tertiary/aromatic N) is 2. The first-order chi connectivity index (χ1) is 18.3. The number of fused-ring (bicyclic) bond motifs is 5. The molecule has 0 saturated heterocycles. The molecule has 174 valence electrons. The number of imidazole rings is 1. The fraction of sp³-hybridized carbons (Fsp3) is 0.0571. The fourth-order valence-corrected chi connectivity index (χ4v) is 6.37. The molecule has 8 rings (SSSR count). The topological polar surface area (TPSA) is 17.3 Å². The van der Waals surface area contributed by atoms with Crippen LogP contribution in [0.1, 0.15) is 12.7 Å². The summed E-state index contributed by atoms with van der Waals surface area (Å²) < 4.78 is 2.38. The first-order valence-electron chi connectivity index (χ1n) is 13.0. The van der Waals surface area contributed by atoms with Crippen molar-refractivity contribution in [1.29, 1.82) is 0 Å². The molecule has 0 spiro atoms. The predicted octanol–water partition coefficient (Wildman–Crippen LogP) is 9.28. The maximum atomic E-state index is 5.28. The van der Waals surface area contributed by atoms with Gasteiger partial charge in [0, 0.05) is 22.8 Å². The summed E-state index contributed by atoms with van der Waals surface area (Å²) in [4.78, 5) is 5.28. The molecule has 37 heavy (non-hydrogen) atoms. The molecule has 0 saturated carbocycles. The number of aryl methyl sites for hydroxylation is 1. The highest BCUT2D eigenvalue weighted by atomic mass is 15.0. The lowest BCUT2D eigenvalue weighted by Crippen LogP contribution is -1.91. The van der Waals surface area contributed by atoms with Crippen LogP contribution in [-0.4, -0.2) is 9.38 Å². The number of benzene rings is 6. The van der Waals surface area contributed by atoms with Crippen LogP contribution in [0.5, 0.6) is 0 Å². The predicted molar refractivity (Wildman–Crippen MR) is 157 cm³/mol. The van der Waals surface area contributed by atoms with Gasteiger partial charge in [0.2, 0.25) is 0 Å². The molecule has 0 aliphatic carbocycles. The average molecular weight is 473 g/mol. The highest BCUT2D eigenvalue weighted by Gasteiger charge is 2.23. The van der Waals surface area contributed by atoms with E-state index >= 15 is 0 Å². The second-order valence-electron chi connectivity index (χ2n) is 9.80. The molecule has 2 heteroatoms. The van der Waals surface area contributed by atoms with E-state index in [-0.39, 0.29) is 0 Å². The van der Waals surface area contributed by atoms with Gasteiger partial charge in [0.15, 0.2) is 0 Å². The summed E-state index contributed by atoms with van der Waals surface area (Å²) in [6.45, 7) is 2.20. The molecule has 0 unspecified atom stereocenters. The minimum atomic E-state index is 0.885. The molecule has 0 aliphatic heterocycles. The van der Waals surface area contributed by atoms with Gasteiger partial charge in [0.05, 0.1) is 16.6 Å². The van der Waals surface area contributed by atoms with Crippen LogP contribution in [-0.2, 0) is 6.42 Å². The smallest absolute Gasteiger partial charge is 0.114 e. The molecule has 2 heterocycles. The molecule has 0 bridgehead atoms. The van der Waals surface area contributed by atoms with Crippen LogP contribution in [0.25, 0.3) is 71.1 Å². The van der Waals surface area contributed by atoms with Crippen molar-refractivity contribution in [3.05, 3.63) is 121 Å². The summed E-state index contributed by atoms with van der Waals surface area (Å²) in [5.74, 6) is 1.11. The molecule has 0 N–H and O–H groups in total. The maximum absolute atomic E-state index is 5.28. The summed E-state index contributed by atoms with van der Waals surface area (Å²) in [6, 6.07) is 41.8. The van der Waals surface area contributed by atoms with Crippen molar-refractivity contribution < 1.29 is 0 Å². The van der Waals surface area contributed by atoms with Crippen LogP contribution in [0.15, 0.2) is 115 Å². The van der Waals surface area contributed by atoms with E-state index in [1.807, 2.05) is 0 Å². The molecule has 0 atom stereocenters. The summed E-state index contributed by atoms with van der Waals surface area (Å²) in [6.07, 6.45) is 0.885. The maximum Gasteiger partial charge on any atom is 0.114 e. The number of hydrogen-bond acceptors (Lipinski definition) is 1. The average Bonchev–Trinajstić information content (AvgIpc) is 3.51. The van der Waals surface area contributed by atoms with Crippen molar-refractivity contribution in [2.45, 2.75) is 13.3 Å². The van der Waals surface area contributed by atoms with Crippen LogP contribution < -0.4 is 0 Å². The Labute approximate surface area is 214 Å². The molecular formula is C35H24N2. The molecule has 0 aliphatic rings. The number of para-hydroxylation sites is 1. The van der Waals surface area contributed by atoms with E-state index in [0.717, 1.165) is 17.8 Å². The third-order valence-corrected chi connectivity index (χ3v) is 7.89. The van der Waals surface area contributed by atoms with Crippen LogP contribution in [0.3, 0.4) is 0 Å². The molecule has 0 fully saturated rings. The zero-order chi connectivity index (χ0) is 24.5. The van der Waals surface area contributed by atoms with Gasteiger partial charge in [-0.3, -0.25) is 4.40 Å². The first-order valence-corrected chi connectivity index (χ1v) is 13.0. The fourth-order valence-electron chi connectivity index (χ4n) is 6.37. The minimum Gasteiger partial charge on any atom is -0.295 e. The van der Waals surface area contributed by atoms with Crippen molar-refractivity contribution in [3.63, 3.8) is 0 Å². The summed E-state index contributed by atoms with van der Waals surface area (Å²) in [5.41, 5.74) is 8.56. The second kappa shape index (κ2) is 7.65. The SMILES string of the molecule is CCc1nc2c(-c3c4ccccc4c(-c4ccccc4)c4ccccc34)ccc3c4ccccc4n1c23. The van der Waals surface area contributed by atoms with E-state index in [0.29, 0.717) is 0 Å². The Bertz CT molecular complexity index is 2060. The van der Waals surface area contributed by atoms with Gasteiger partial charge in [-0.2, -0.15) is 0 Å². The highest BCUT2D eigenvalue weighted by Crippen LogP contribution is 2.46. The highest BCUT2D eigenvalue weighted by molar-refractivity contribution is 6.25. The molecule has 2 nitrogen and oxygen atoms in total. The van der Waals surface area contributed by atoms with E-state index in [4.69, 9.17) is 4.98 Å². The van der Waals surface area contributed by atoms with Gasteiger partial charge in [0.1, 0.15) is 5.82 Å². The Balaban J connectivity index is 1.58. The van der Waals surface area contributed by atoms with Crippen LogP contribution in [0.2, 0.25) is 0 Å². The Morgan fingerprint density at radius 3 is 1.76 bits per heavy atom. The van der Waals surface area contributed by atoms with Crippen molar-refractivity contribution in [2.24, 2.45) is 0 Å². The van der Waals surface area contributed by atoms with Gasteiger partial charge in [0.25, 0.3) is 0 Å². The quantitative estimate of drug-likeness (QED) is 0.234. The zero-order valence-corrected chi connectivity index (χ0v) is 20.6. The van der Waals surface area contributed by atoms with Crippen molar-refractivity contribution in [1.82, 2.24) is 9.38 Å². The van der Waals surface area contributed by atoms with Gasteiger partial charge >= 0.3 is 0 Å². The molecule has 0 amide bonds. The van der Waals surface area contributed by atoms with E-state index in [9.17, 15) is 0 Å². The minimum absolute atomic E-state index is 0.885. The Morgan fingerprint density at radius 1 is 0.541 bits per heavy atom. The second-order valence-corrected chi connectivity index (χ2v) is 9.80. The van der Waals surface area contributed by atoms with Crippen molar-refractivity contribution in [2.75, 3.05) is 0 Å². The summed E-state index contributed by atoms with van der Waals surface area (Å²) >= 11 is 0. The Morgan fingerprint density at radius 2 is 1.11 bits per heavy atom. The number of rotatable bonds is 3. The standard InChI is InChI=1S/C35H24N2/c1-2-31-36-34-29(21-20-28-23-14-10-11-19-30(23)37(31)35(28)34)33-26-17-8-6-15-24(26)32(22-12-4-3-5-13-22)25-16-7-9-18-27(25)33/h3-21H,2H2,1H3. The Hall–Kier alpha value is -4.69. The molecule has 8 aromatic rings. The molecular weight excluding hydrogens is 448 g/mol. The van der Waals surface area contributed by atoms with E-state index in [1.54, 1.807) is 0 Å². The van der Waals surface area contributed by atoms with Gasteiger partial charge in [-0.15, -0.1) is 0 Å². The van der Waals surface area contributed by atoms with Gasteiger partial charge in [-0.1, -0.05) is 116 Å². The first kappa shape index (κ1) is 20.5. The normalized spacial score (nSPS) is 12.0. The van der Waals surface area contributed by atoms with E-state index < -0.39 is 0 Å². The van der Waals surface area contributed by atoms with Crippen LogP contribution in [0, 0.1) is 0 Å². The Kier molecular flexibility index (Phi) is 4.24. The lowest BCUT2D eigenvalue weighted by Gasteiger charge is -2.18. The summed E-state index contributed by atoms with van der Waals surface area (Å²) in [5, 5.41) is 7.63. The lowest BCUT2D eigenvalue weighted by atomic mass is 9.85. The van der Waals surface area contributed by atoms with Crippen molar-refractivity contribution >= 4 is 48.9 Å². The molecule has 6 aromatic carbocycles. The van der Waals surface area contributed by atoms with Gasteiger partial charge < -0.3 is 0 Å². The monoisotopic (exact) mass is 472 g/mol. The van der Waals surface area contributed by atoms with Gasteiger partial charge in [-0.05, 0) is 44.3 Å². The van der Waals surface area contributed by atoms with Gasteiger partial charge in [-0.25, -0.2) is 4.98 Å². The van der Waals surface area contributed by atoms with E-state index in [2.05, 4.69) is 127 Å². The van der Waals surface area contributed by atoms with E-state index in [1.165, 1.54) is 65.6 Å². The van der Waals surface area contributed by atoms with Crippen molar-refractivity contribution in [3.8, 4) is 22.3 Å². The number of hydrogen-bond donors (Lipinski definition) is 0. The van der Waals surface area contributed by atoms with Crippen LogP contribution in [0.4, 0.5) is 0 Å². The lowest BCUT2D eigenvalue weighted by molar-refractivity contribution is 0.961. The van der Waals surface area contributed by atoms with Crippen LogP contribution >= 0.6 is 0 Å². The number of aromatic nitrogens is 2. The largest absolute Gasteiger partial charge is 0.295 e.